The van der Waals surface area contributed by atoms with E-state index in [4.69, 9.17) is 11.5 Å². The number of amides is 1. The lowest BCUT2D eigenvalue weighted by atomic mass is 10.1. The molecule has 2 rings (SSSR count). The maximum absolute atomic E-state index is 13.3. The molecule has 6 heteroatoms. The number of carbonyl (C=O) groups is 1. The van der Waals surface area contributed by atoms with Crippen LogP contribution in [0.25, 0.3) is 11.4 Å². The Morgan fingerprint density at radius 1 is 1.26 bits per heavy atom. The van der Waals surface area contributed by atoms with E-state index in [1.165, 1.54) is 12.1 Å². The average molecular weight is 260 g/mol. The van der Waals surface area contributed by atoms with E-state index < -0.39 is 5.91 Å². The number of rotatable bonds is 2. The normalized spacial score (nSPS) is 10.5. The van der Waals surface area contributed by atoms with Crippen molar-refractivity contribution in [2.24, 2.45) is 5.73 Å². The van der Waals surface area contributed by atoms with Gasteiger partial charge in [0.1, 0.15) is 17.2 Å². The van der Waals surface area contributed by atoms with E-state index in [0.29, 0.717) is 11.3 Å². The number of nitrogens with zero attached hydrogens (tertiary/aromatic N) is 2. The maximum atomic E-state index is 13.3. The van der Waals surface area contributed by atoms with E-state index in [2.05, 4.69) is 9.97 Å². The molecule has 0 aliphatic rings. The predicted molar refractivity (Wildman–Crippen MR) is 69.8 cm³/mol. The van der Waals surface area contributed by atoms with Crippen LogP contribution in [0.1, 0.15) is 21.6 Å². The van der Waals surface area contributed by atoms with Gasteiger partial charge in [-0.1, -0.05) is 6.07 Å². The van der Waals surface area contributed by atoms with E-state index in [1.807, 2.05) is 6.92 Å². The van der Waals surface area contributed by atoms with Crippen LogP contribution in [-0.2, 0) is 0 Å². The van der Waals surface area contributed by atoms with E-state index in [0.717, 1.165) is 5.56 Å². The smallest absolute Gasteiger partial charge is 0.254 e. The summed E-state index contributed by atoms with van der Waals surface area (Å²) in [7, 11) is 0. The summed E-state index contributed by atoms with van der Waals surface area (Å²) in [5, 5.41) is 0. The van der Waals surface area contributed by atoms with Gasteiger partial charge in [0.2, 0.25) is 0 Å². The minimum absolute atomic E-state index is 0.00124. The molecule has 1 amide bonds. The number of benzene rings is 1. The first-order valence-electron chi connectivity index (χ1n) is 5.60. The van der Waals surface area contributed by atoms with Crippen LogP contribution >= 0.6 is 0 Å². The Hall–Kier alpha value is -2.50. The van der Waals surface area contributed by atoms with Gasteiger partial charge < -0.3 is 11.5 Å². The molecule has 0 bridgehead atoms. The molecule has 0 unspecified atom stereocenters. The second-order valence-corrected chi connectivity index (χ2v) is 4.22. The Morgan fingerprint density at radius 3 is 2.53 bits per heavy atom. The zero-order valence-electron chi connectivity index (χ0n) is 10.6. The molecule has 0 aliphatic carbocycles. The molecule has 0 fully saturated rings. The molecule has 1 heterocycles. The van der Waals surface area contributed by atoms with Crippen LogP contribution < -0.4 is 11.5 Å². The van der Waals surface area contributed by atoms with Crippen LogP contribution in [0, 0.1) is 19.7 Å². The van der Waals surface area contributed by atoms with Crippen LogP contribution in [0.2, 0.25) is 0 Å². The molecule has 1 aromatic heterocycles. The van der Waals surface area contributed by atoms with Gasteiger partial charge in [-0.15, -0.1) is 0 Å². The summed E-state index contributed by atoms with van der Waals surface area (Å²) in [6.45, 7) is 3.42. The monoisotopic (exact) mass is 260 g/mol. The molecule has 0 radical (unpaired) electrons. The fourth-order valence-electron chi connectivity index (χ4n) is 1.86. The number of nitrogens with two attached hydrogens (primary N) is 2. The number of hydrogen-bond donors (Lipinski definition) is 2. The summed E-state index contributed by atoms with van der Waals surface area (Å²) >= 11 is 0. The SMILES string of the molecule is Cc1ccc(F)cc1-c1nc(C)c(C(N)=O)c(N)n1. The molecule has 2 aromatic rings. The fraction of sp³-hybridized carbons (Fsp3) is 0.154. The highest BCUT2D eigenvalue weighted by Crippen LogP contribution is 2.24. The minimum Gasteiger partial charge on any atom is -0.383 e. The van der Waals surface area contributed by atoms with Gasteiger partial charge in [0.05, 0.1) is 5.69 Å². The summed E-state index contributed by atoms with van der Waals surface area (Å²) in [5.41, 5.74) is 12.7. The molecule has 0 saturated carbocycles. The van der Waals surface area contributed by atoms with E-state index in [9.17, 15) is 9.18 Å². The second kappa shape index (κ2) is 4.64. The first-order chi connectivity index (χ1) is 8.90. The van der Waals surface area contributed by atoms with Gasteiger partial charge in [-0.25, -0.2) is 14.4 Å². The first-order valence-corrected chi connectivity index (χ1v) is 5.60. The van der Waals surface area contributed by atoms with Crippen LogP contribution in [0.3, 0.4) is 0 Å². The standard InChI is InChI=1S/C13H13FN4O/c1-6-3-4-8(14)5-9(6)13-17-7(2)10(12(16)19)11(15)18-13/h3-5H,1-2H3,(H2,16,19)(H2,15,17,18). The van der Waals surface area contributed by atoms with Crippen LogP contribution in [0.5, 0.6) is 0 Å². The lowest BCUT2D eigenvalue weighted by molar-refractivity contribution is 0.1000. The summed E-state index contributed by atoms with van der Waals surface area (Å²) in [6, 6.07) is 4.31. The molecule has 0 saturated heterocycles. The van der Waals surface area contributed by atoms with Crippen molar-refractivity contribution in [2.75, 3.05) is 5.73 Å². The number of primary amides is 1. The van der Waals surface area contributed by atoms with Crippen LogP contribution in [0.15, 0.2) is 18.2 Å². The van der Waals surface area contributed by atoms with Gasteiger partial charge in [0, 0.05) is 5.56 Å². The predicted octanol–water partition coefficient (Wildman–Crippen LogP) is 1.58. The molecule has 1 aromatic carbocycles. The quantitative estimate of drug-likeness (QED) is 0.857. The number of aromatic nitrogens is 2. The molecule has 4 N–H and O–H groups in total. The minimum atomic E-state index is -0.683. The summed E-state index contributed by atoms with van der Waals surface area (Å²) in [6.07, 6.45) is 0. The fourth-order valence-corrected chi connectivity index (χ4v) is 1.86. The Balaban J connectivity index is 2.65. The van der Waals surface area contributed by atoms with Crippen molar-refractivity contribution in [1.29, 1.82) is 0 Å². The largest absolute Gasteiger partial charge is 0.383 e. The number of carbonyl (C=O) groups excluding carboxylic acids is 1. The van der Waals surface area contributed by atoms with Gasteiger partial charge in [-0.2, -0.15) is 0 Å². The molecular weight excluding hydrogens is 247 g/mol. The van der Waals surface area contributed by atoms with Crippen molar-refractivity contribution in [3.8, 4) is 11.4 Å². The molecule has 19 heavy (non-hydrogen) atoms. The van der Waals surface area contributed by atoms with Crippen molar-refractivity contribution < 1.29 is 9.18 Å². The summed E-state index contributed by atoms with van der Waals surface area (Å²) < 4.78 is 13.3. The number of anilines is 1. The zero-order valence-corrected chi connectivity index (χ0v) is 10.6. The Labute approximate surface area is 109 Å². The van der Waals surface area contributed by atoms with Crippen LogP contribution in [-0.4, -0.2) is 15.9 Å². The Bertz CT molecular complexity index is 647. The molecule has 5 nitrogen and oxygen atoms in total. The van der Waals surface area contributed by atoms with E-state index >= 15 is 0 Å². The summed E-state index contributed by atoms with van der Waals surface area (Å²) in [5.74, 6) is -0.799. The lowest BCUT2D eigenvalue weighted by Gasteiger charge is -2.09. The molecule has 0 spiro atoms. The van der Waals surface area contributed by atoms with Crippen molar-refractivity contribution >= 4 is 11.7 Å². The van der Waals surface area contributed by atoms with Gasteiger partial charge in [-0.3, -0.25) is 4.79 Å². The molecule has 98 valence electrons. The Morgan fingerprint density at radius 2 is 1.95 bits per heavy atom. The number of nitrogen functional groups attached to an aromatic ring is 1. The summed E-state index contributed by atoms with van der Waals surface area (Å²) in [4.78, 5) is 19.4. The first kappa shape index (κ1) is 12.9. The zero-order chi connectivity index (χ0) is 14.2. The second-order valence-electron chi connectivity index (χ2n) is 4.22. The highest BCUT2D eigenvalue weighted by molar-refractivity contribution is 5.98. The third-order valence-corrected chi connectivity index (χ3v) is 2.80. The number of hydrogen-bond acceptors (Lipinski definition) is 4. The van der Waals surface area contributed by atoms with E-state index in [1.54, 1.807) is 13.0 Å². The third-order valence-electron chi connectivity index (χ3n) is 2.80. The Kier molecular flexibility index (Phi) is 3.16. The van der Waals surface area contributed by atoms with Gasteiger partial charge in [-0.05, 0) is 31.5 Å². The highest BCUT2D eigenvalue weighted by Gasteiger charge is 2.16. The van der Waals surface area contributed by atoms with Crippen molar-refractivity contribution in [3.63, 3.8) is 0 Å². The highest BCUT2D eigenvalue weighted by atomic mass is 19.1. The van der Waals surface area contributed by atoms with Crippen molar-refractivity contribution in [3.05, 3.63) is 40.8 Å². The van der Waals surface area contributed by atoms with Gasteiger partial charge >= 0.3 is 0 Å². The lowest BCUT2D eigenvalue weighted by Crippen LogP contribution is -2.18. The van der Waals surface area contributed by atoms with Gasteiger partial charge in [0.25, 0.3) is 5.91 Å². The average Bonchev–Trinajstić information content (AvgIpc) is 2.30. The third kappa shape index (κ3) is 2.37. The van der Waals surface area contributed by atoms with E-state index in [-0.39, 0.29) is 23.0 Å². The molecule has 0 atom stereocenters. The number of aryl methyl sites for hydroxylation is 2. The van der Waals surface area contributed by atoms with Crippen LogP contribution in [0.4, 0.5) is 10.2 Å². The maximum Gasteiger partial charge on any atom is 0.254 e. The van der Waals surface area contributed by atoms with Gasteiger partial charge in [0.15, 0.2) is 5.82 Å². The molecule has 0 aliphatic heterocycles. The van der Waals surface area contributed by atoms with Crippen molar-refractivity contribution in [1.82, 2.24) is 9.97 Å². The van der Waals surface area contributed by atoms with Crippen molar-refractivity contribution in [2.45, 2.75) is 13.8 Å². The topological polar surface area (TPSA) is 94.9 Å². The number of halogens is 1. The molecular formula is C13H13FN4O.